The Kier molecular flexibility index (Phi) is 4.29. The molecule has 0 amide bonds. The van der Waals surface area contributed by atoms with Crippen LogP contribution in [0.2, 0.25) is 0 Å². The molecule has 2 unspecified atom stereocenters. The lowest BCUT2D eigenvalue weighted by Crippen LogP contribution is -2.29. The summed E-state index contributed by atoms with van der Waals surface area (Å²) in [6.45, 7) is 1.91. The second-order valence-electron chi connectivity index (χ2n) is 5.23. The van der Waals surface area contributed by atoms with E-state index < -0.39 is 33.2 Å². The minimum atomic E-state index is -4.24. The van der Waals surface area contributed by atoms with E-state index in [4.69, 9.17) is 5.14 Å². The van der Waals surface area contributed by atoms with Crippen molar-refractivity contribution in [3.05, 3.63) is 5.82 Å². The van der Waals surface area contributed by atoms with Crippen LogP contribution in [0.15, 0.2) is 5.16 Å². The van der Waals surface area contributed by atoms with Crippen molar-refractivity contribution in [2.75, 3.05) is 0 Å². The van der Waals surface area contributed by atoms with E-state index in [1.165, 1.54) is 4.57 Å². The molecule has 1 aliphatic rings. The lowest BCUT2D eigenvalue weighted by atomic mass is 9.80. The average Bonchev–Trinajstić information content (AvgIpc) is 2.81. The molecule has 0 radical (unpaired) electrons. The molecule has 1 saturated carbocycles. The Bertz CT molecular complexity index is 611. The summed E-state index contributed by atoms with van der Waals surface area (Å²) >= 11 is 0. The van der Waals surface area contributed by atoms with E-state index >= 15 is 0 Å². The molecule has 120 valence electrons. The number of hydrogen-bond donors (Lipinski definition) is 1. The van der Waals surface area contributed by atoms with Crippen molar-refractivity contribution in [2.24, 2.45) is 11.1 Å². The number of aromatic nitrogens is 3. The molecule has 10 heteroatoms. The molecule has 1 aromatic rings. The highest BCUT2D eigenvalue weighted by atomic mass is 32.2. The summed E-state index contributed by atoms with van der Waals surface area (Å²) in [5, 5.41) is 12.0. The molecule has 0 aliphatic heterocycles. The molecule has 1 aliphatic carbocycles. The Morgan fingerprint density at radius 3 is 2.52 bits per heavy atom. The van der Waals surface area contributed by atoms with Crippen molar-refractivity contribution in [1.29, 1.82) is 0 Å². The number of hydrogen-bond acceptors (Lipinski definition) is 4. The fraction of sp³-hybridized carbons (Fsp3) is 0.818. The number of nitrogens with two attached hydrogens (primary N) is 1. The van der Waals surface area contributed by atoms with Gasteiger partial charge in [-0.25, -0.2) is 13.6 Å². The van der Waals surface area contributed by atoms with Crippen LogP contribution < -0.4 is 5.14 Å². The maximum Gasteiger partial charge on any atom is 0.391 e. The van der Waals surface area contributed by atoms with Crippen molar-refractivity contribution in [2.45, 2.75) is 56.4 Å². The zero-order valence-electron chi connectivity index (χ0n) is 11.5. The second-order valence-corrected chi connectivity index (χ2v) is 6.69. The minimum absolute atomic E-state index is 0.0910. The highest BCUT2D eigenvalue weighted by Crippen LogP contribution is 2.43. The molecular weight excluding hydrogens is 309 g/mol. The van der Waals surface area contributed by atoms with Gasteiger partial charge in [-0.15, -0.1) is 10.2 Å². The number of nitrogens with zero attached hydrogens (tertiary/aromatic N) is 3. The molecule has 1 heterocycles. The summed E-state index contributed by atoms with van der Waals surface area (Å²) in [6, 6.07) is 0. The SMILES string of the molecule is CCn1c(C2CCCC(C(F)(F)F)C2)nnc1S(N)(=O)=O. The molecule has 2 atom stereocenters. The molecule has 0 aromatic carbocycles. The summed E-state index contributed by atoms with van der Waals surface area (Å²) < 4.78 is 62.6. The Hall–Kier alpha value is -1.16. The molecule has 2 rings (SSSR count). The quantitative estimate of drug-likeness (QED) is 0.916. The van der Waals surface area contributed by atoms with Gasteiger partial charge >= 0.3 is 6.18 Å². The zero-order valence-corrected chi connectivity index (χ0v) is 12.3. The summed E-state index contributed by atoms with van der Waals surface area (Å²) in [4.78, 5) is 0. The first-order valence-corrected chi connectivity index (χ1v) is 8.21. The molecule has 2 N–H and O–H groups in total. The smallest absolute Gasteiger partial charge is 0.301 e. The Morgan fingerprint density at radius 2 is 2.00 bits per heavy atom. The summed E-state index contributed by atoms with van der Waals surface area (Å²) in [7, 11) is -4.04. The molecule has 0 saturated heterocycles. The van der Waals surface area contributed by atoms with Gasteiger partial charge in [-0.2, -0.15) is 13.2 Å². The van der Waals surface area contributed by atoms with Gasteiger partial charge in [-0.05, 0) is 26.2 Å². The molecule has 6 nitrogen and oxygen atoms in total. The van der Waals surface area contributed by atoms with Gasteiger partial charge in [-0.1, -0.05) is 6.42 Å². The van der Waals surface area contributed by atoms with Gasteiger partial charge in [-0.3, -0.25) is 0 Å². The third kappa shape index (κ3) is 3.37. The summed E-state index contributed by atoms with van der Waals surface area (Å²) in [5.41, 5.74) is 0. The van der Waals surface area contributed by atoms with Crippen LogP contribution in [0.3, 0.4) is 0 Å². The van der Waals surface area contributed by atoms with Gasteiger partial charge in [0.05, 0.1) is 5.92 Å². The zero-order chi connectivity index (χ0) is 15.8. The minimum Gasteiger partial charge on any atom is -0.301 e. The van der Waals surface area contributed by atoms with E-state index in [0.717, 1.165) is 0 Å². The largest absolute Gasteiger partial charge is 0.391 e. The van der Waals surface area contributed by atoms with Crippen LogP contribution in [0.5, 0.6) is 0 Å². The number of primary sulfonamides is 1. The van der Waals surface area contributed by atoms with Crippen molar-refractivity contribution in [1.82, 2.24) is 14.8 Å². The van der Waals surface area contributed by atoms with Gasteiger partial charge < -0.3 is 4.57 Å². The normalized spacial score (nSPS) is 24.2. The number of sulfonamides is 1. The van der Waals surface area contributed by atoms with Gasteiger partial charge in [0.25, 0.3) is 15.2 Å². The molecule has 0 bridgehead atoms. The van der Waals surface area contributed by atoms with Crippen LogP contribution >= 0.6 is 0 Å². The summed E-state index contributed by atoms with van der Waals surface area (Å²) in [6.07, 6.45) is -3.27. The number of halogens is 3. The van der Waals surface area contributed by atoms with E-state index in [1.54, 1.807) is 6.92 Å². The first kappa shape index (κ1) is 16.2. The van der Waals surface area contributed by atoms with E-state index in [9.17, 15) is 21.6 Å². The highest BCUT2D eigenvalue weighted by molar-refractivity contribution is 7.89. The third-order valence-electron chi connectivity index (χ3n) is 3.82. The first-order chi connectivity index (χ1) is 9.64. The van der Waals surface area contributed by atoms with Crippen molar-refractivity contribution < 1.29 is 21.6 Å². The van der Waals surface area contributed by atoms with Crippen molar-refractivity contribution in [3.8, 4) is 0 Å². The van der Waals surface area contributed by atoms with Crippen LogP contribution in [0, 0.1) is 5.92 Å². The number of alkyl halides is 3. The van der Waals surface area contributed by atoms with Crippen LogP contribution in [-0.4, -0.2) is 29.4 Å². The van der Waals surface area contributed by atoms with Crippen LogP contribution in [-0.2, 0) is 16.6 Å². The monoisotopic (exact) mass is 326 g/mol. The lowest BCUT2D eigenvalue weighted by Gasteiger charge is -2.30. The Morgan fingerprint density at radius 1 is 1.33 bits per heavy atom. The standard InChI is InChI=1S/C11H17F3N4O2S/c1-2-18-9(16-17-10(18)21(15,19)20)7-4-3-5-8(6-7)11(12,13)14/h7-8H,2-6H2,1H3,(H2,15,19,20). The molecule has 1 aromatic heterocycles. The molecular formula is C11H17F3N4O2S. The van der Waals surface area contributed by atoms with Crippen LogP contribution in [0.4, 0.5) is 13.2 Å². The average molecular weight is 326 g/mol. The van der Waals surface area contributed by atoms with Crippen molar-refractivity contribution in [3.63, 3.8) is 0 Å². The fourth-order valence-electron chi connectivity index (χ4n) is 2.83. The maximum atomic E-state index is 12.8. The highest BCUT2D eigenvalue weighted by Gasteiger charge is 2.43. The first-order valence-electron chi connectivity index (χ1n) is 6.67. The molecule has 0 spiro atoms. The predicted molar refractivity (Wildman–Crippen MR) is 67.8 cm³/mol. The summed E-state index contributed by atoms with van der Waals surface area (Å²) in [5.74, 6) is -1.56. The van der Waals surface area contributed by atoms with E-state index in [2.05, 4.69) is 10.2 Å². The second kappa shape index (κ2) is 5.56. The Labute approximate surface area is 120 Å². The third-order valence-corrected chi connectivity index (χ3v) is 4.63. The topological polar surface area (TPSA) is 90.9 Å². The van der Waals surface area contributed by atoms with Gasteiger partial charge in [0.15, 0.2) is 0 Å². The molecule has 1 fully saturated rings. The van der Waals surface area contributed by atoms with Crippen molar-refractivity contribution >= 4 is 10.0 Å². The van der Waals surface area contributed by atoms with E-state index in [1.807, 2.05) is 0 Å². The van der Waals surface area contributed by atoms with Gasteiger partial charge in [0.2, 0.25) is 0 Å². The van der Waals surface area contributed by atoms with Crippen LogP contribution in [0.25, 0.3) is 0 Å². The lowest BCUT2D eigenvalue weighted by molar-refractivity contribution is -0.183. The van der Waals surface area contributed by atoms with E-state index in [-0.39, 0.29) is 25.2 Å². The van der Waals surface area contributed by atoms with E-state index in [0.29, 0.717) is 12.8 Å². The van der Waals surface area contributed by atoms with Gasteiger partial charge in [0, 0.05) is 12.5 Å². The Balaban J connectivity index is 2.32. The fourth-order valence-corrected chi connectivity index (χ4v) is 3.52. The molecule has 21 heavy (non-hydrogen) atoms. The van der Waals surface area contributed by atoms with Crippen LogP contribution in [0.1, 0.15) is 44.3 Å². The number of rotatable bonds is 3. The maximum absolute atomic E-state index is 12.8. The predicted octanol–water partition coefficient (Wildman–Crippen LogP) is 1.78. The van der Waals surface area contributed by atoms with Gasteiger partial charge in [0.1, 0.15) is 5.82 Å².